The summed E-state index contributed by atoms with van der Waals surface area (Å²) in [6.07, 6.45) is 1.91. The predicted octanol–water partition coefficient (Wildman–Crippen LogP) is 3.50. The normalized spacial score (nSPS) is 18.9. The van der Waals surface area contributed by atoms with Crippen LogP contribution in [-0.2, 0) is 9.47 Å². The van der Waals surface area contributed by atoms with E-state index in [1.807, 2.05) is 0 Å². The van der Waals surface area contributed by atoms with Gasteiger partial charge in [-0.25, -0.2) is 4.39 Å². The Morgan fingerprint density at radius 1 is 1.24 bits per heavy atom. The molecule has 1 fully saturated rings. The van der Waals surface area contributed by atoms with E-state index >= 15 is 0 Å². The van der Waals surface area contributed by atoms with Crippen LogP contribution in [0.3, 0.4) is 0 Å². The molecule has 1 atom stereocenters. The Bertz CT molecular complexity index is 804. The fourth-order valence-electron chi connectivity index (χ4n) is 2.72. The molecule has 1 saturated heterocycles. The van der Waals surface area contributed by atoms with Crippen molar-refractivity contribution in [3.63, 3.8) is 0 Å². The third-order valence-electron chi connectivity index (χ3n) is 3.99. The zero-order valence-corrected chi connectivity index (χ0v) is 14.0. The van der Waals surface area contributed by atoms with Gasteiger partial charge in [-0.1, -0.05) is 12.1 Å². The molecular weight excluding hydrogens is 325 g/mol. The summed E-state index contributed by atoms with van der Waals surface area (Å²) in [5, 5.41) is 0. The molecule has 3 rings (SSSR count). The van der Waals surface area contributed by atoms with Gasteiger partial charge in [-0.3, -0.25) is 14.6 Å². The molecule has 0 aliphatic carbocycles. The Morgan fingerprint density at radius 3 is 2.68 bits per heavy atom. The van der Waals surface area contributed by atoms with Crippen molar-refractivity contribution in [3.05, 3.63) is 65.2 Å². The molecule has 1 aliphatic rings. The fourth-order valence-corrected chi connectivity index (χ4v) is 2.72. The highest BCUT2D eigenvalue weighted by atomic mass is 19.1. The number of hydrogen-bond acceptors (Lipinski definition) is 5. The summed E-state index contributed by atoms with van der Waals surface area (Å²) in [4.78, 5) is 28.4. The van der Waals surface area contributed by atoms with Gasteiger partial charge in [0.15, 0.2) is 17.4 Å². The lowest BCUT2D eigenvalue weighted by Gasteiger charge is -2.18. The molecular formula is C19H18FNO4. The monoisotopic (exact) mass is 343 g/mol. The molecule has 1 aromatic heterocycles. The van der Waals surface area contributed by atoms with E-state index < -0.39 is 35.7 Å². The number of carbonyl (C=O) groups is 2. The van der Waals surface area contributed by atoms with Gasteiger partial charge < -0.3 is 9.47 Å². The first-order chi connectivity index (χ1) is 11.9. The second-order valence-electron chi connectivity index (χ2n) is 6.29. The maximum absolute atomic E-state index is 14.8. The zero-order valence-electron chi connectivity index (χ0n) is 14.0. The van der Waals surface area contributed by atoms with Gasteiger partial charge in [0, 0.05) is 23.5 Å². The van der Waals surface area contributed by atoms with E-state index in [1.54, 1.807) is 38.1 Å². The molecule has 2 aromatic rings. The van der Waals surface area contributed by atoms with Crippen LogP contribution in [0.5, 0.6) is 0 Å². The number of aromatic nitrogens is 1. The van der Waals surface area contributed by atoms with Gasteiger partial charge in [0.25, 0.3) is 0 Å². The number of Topliss-reactive ketones (excluding diaryl/α,β-unsaturated/α-hetero) is 2. The fraction of sp³-hybridized carbons (Fsp3) is 0.316. The van der Waals surface area contributed by atoms with E-state index in [9.17, 15) is 14.0 Å². The van der Waals surface area contributed by atoms with Crippen molar-refractivity contribution < 1.29 is 23.5 Å². The Kier molecular flexibility index (Phi) is 4.74. The van der Waals surface area contributed by atoms with Gasteiger partial charge in [0.2, 0.25) is 0 Å². The summed E-state index contributed by atoms with van der Waals surface area (Å²) in [5.74, 6) is -2.44. The van der Waals surface area contributed by atoms with Crippen molar-refractivity contribution >= 4 is 11.6 Å². The molecule has 0 radical (unpaired) electrons. The first-order valence-corrected chi connectivity index (χ1v) is 7.94. The van der Waals surface area contributed by atoms with Crippen LogP contribution >= 0.6 is 0 Å². The summed E-state index contributed by atoms with van der Waals surface area (Å²) >= 11 is 0. The van der Waals surface area contributed by atoms with Gasteiger partial charge >= 0.3 is 0 Å². The lowest BCUT2D eigenvalue weighted by atomic mass is 9.98. The molecule has 0 spiro atoms. The molecule has 0 saturated carbocycles. The first-order valence-electron chi connectivity index (χ1n) is 7.94. The van der Waals surface area contributed by atoms with Crippen LogP contribution in [0.25, 0.3) is 0 Å². The standard InChI is InChI=1S/C19H18FNO4/c1-19(2)24-11-17(25-19)14-7-3-6-13(18(14)20)16(23)9-15(22)12-5-4-8-21-10-12/h3-8,10,17H,9,11H2,1-2H3/t17-/m0/s1. The Labute approximate surface area is 144 Å². The largest absolute Gasteiger partial charge is 0.347 e. The number of ether oxygens (including phenoxy) is 2. The van der Waals surface area contributed by atoms with E-state index in [4.69, 9.17) is 9.47 Å². The number of rotatable bonds is 5. The summed E-state index contributed by atoms with van der Waals surface area (Å²) in [6, 6.07) is 7.69. The van der Waals surface area contributed by atoms with Crippen molar-refractivity contribution in [1.29, 1.82) is 0 Å². The number of hydrogen-bond donors (Lipinski definition) is 0. The Balaban J connectivity index is 1.80. The molecule has 1 aromatic carbocycles. The van der Waals surface area contributed by atoms with Crippen molar-refractivity contribution in [3.8, 4) is 0 Å². The second kappa shape index (κ2) is 6.82. The highest BCUT2D eigenvalue weighted by Gasteiger charge is 2.35. The molecule has 0 amide bonds. The summed E-state index contributed by atoms with van der Waals surface area (Å²) in [7, 11) is 0. The molecule has 0 bridgehead atoms. The van der Waals surface area contributed by atoms with E-state index in [2.05, 4.69) is 4.98 Å². The average Bonchev–Trinajstić information content (AvgIpc) is 2.95. The summed E-state index contributed by atoms with van der Waals surface area (Å²) < 4.78 is 25.9. The number of carbonyl (C=O) groups excluding carboxylic acids is 2. The van der Waals surface area contributed by atoms with Gasteiger partial charge in [-0.2, -0.15) is 0 Å². The van der Waals surface area contributed by atoms with Crippen molar-refractivity contribution in [1.82, 2.24) is 4.98 Å². The highest BCUT2D eigenvalue weighted by molar-refractivity contribution is 6.13. The zero-order chi connectivity index (χ0) is 18.0. The maximum atomic E-state index is 14.8. The summed E-state index contributed by atoms with van der Waals surface area (Å²) in [6.45, 7) is 3.69. The minimum absolute atomic E-state index is 0.122. The maximum Gasteiger partial charge on any atom is 0.173 e. The van der Waals surface area contributed by atoms with Gasteiger partial charge in [0.05, 0.1) is 18.6 Å². The Hall–Kier alpha value is -2.44. The van der Waals surface area contributed by atoms with Gasteiger partial charge in [0.1, 0.15) is 11.9 Å². The minimum atomic E-state index is -0.798. The second-order valence-corrected chi connectivity index (χ2v) is 6.29. The van der Waals surface area contributed by atoms with Crippen LogP contribution in [0.2, 0.25) is 0 Å². The molecule has 1 aliphatic heterocycles. The number of nitrogens with zero attached hydrogens (tertiary/aromatic N) is 1. The Morgan fingerprint density at radius 2 is 2.04 bits per heavy atom. The SMILES string of the molecule is CC1(C)OC[C@@H](c2cccc(C(=O)CC(=O)c3cccnc3)c2F)O1. The average molecular weight is 343 g/mol. The van der Waals surface area contributed by atoms with E-state index in [0.29, 0.717) is 5.56 Å². The highest BCUT2D eigenvalue weighted by Crippen LogP contribution is 2.34. The molecule has 0 unspecified atom stereocenters. The smallest absolute Gasteiger partial charge is 0.173 e. The quantitative estimate of drug-likeness (QED) is 0.614. The molecule has 6 heteroatoms. The number of benzene rings is 1. The number of pyridine rings is 1. The van der Waals surface area contributed by atoms with Crippen LogP contribution in [0, 0.1) is 5.82 Å². The third-order valence-corrected chi connectivity index (χ3v) is 3.99. The molecule has 5 nitrogen and oxygen atoms in total. The van der Waals surface area contributed by atoms with Crippen LogP contribution in [0.4, 0.5) is 4.39 Å². The topological polar surface area (TPSA) is 65.5 Å². The van der Waals surface area contributed by atoms with E-state index in [0.717, 1.165) is 0 Å². The molecule has 130 valence electrons. The molecule has 0 N–H and O–H groups in total. The van der Waals surface area contributed by atoms with Crippen LogP contribution in [0.1, 0.15) is 52.7 Å². The number of ketones is 2. The van der Waals surface area contributed by atoms with Crippen molar-refractivity contribution in [2.24, 2.45) is 0 Å². The lowest BCUT2D eigenvalue weighted by molar-refractivity contribution is -0.139. The van der Waals surface area contributed by atoms with Gasteiger partial charge in [-0.05, 0) is 32.0 Å². The van der Waals surface area contributed by atoms with Crippen LogP contribution in [0.15, 0.2) is 42.7 Å². The number of halogens is 1. The van der Waals surface area contributed by atoms with Gasteiger partial charge in [-0.15, -0.1) is 0 Å². The summed E-state index contributed by atoms with van der Waals surface area (Å²) in [5.41, 5.74) is 0.454. The molecule has 25 heavy (non-hydrogen) atoms. The van der Waals surface area contributed by atoms with E-state index in [1.165, 1.54) is 18.5 Å². The third kappa shape index (κ3) is 3.81. The molecule has 2 heterocycles. The van der Waals surface area contributed by atoms with Crippen molar-refractivity contribution in [2.75, 3.05) is 6.61 Å². The first kappa shape index (κ1) is 17.4. The van der Waals surface area contributed by atoms with Crippen molar-refractivity contribution in [2.45, 2.75) is 32.2 Å². The minimum Gasteiger partial charge on any atom is -0.347 e. The predicted molar refractivity (Wildman–Crippen MR) is 87.8 cm³/mol. The van der Waals surface area contributed by atoms with E-state index in [-0.39, 0.29) is 17.7 Å². The van der Waals surface area contributed by atoms with Crippen LogP contribution in [-0.4, -0.2) is 28.9 Å². The lowest BCUT2D eigenvalue weighted by Crippen LogP contribution is -2.20. The van der Waals surface area contributed by atoms with Crippen LogP contribution < -0.4 is 0 Å².